The van der Waals surface area contributed by atoms with Gasteiger partial charge in [-0.2, -0.15) is 26.3 Å². The van der Waals surface area contributed by atoms with Crippen molar-refractivity contribution in [2.45, 2.75) is 31.6 Å². The molecule has 0 aromatic heterocycles. The van der Waals surface area contributed by atoms with Gasteiger partial charge in [-0.15, -0.1) is 0 Å². The number of benzene rings is 4. The molecule has 10 heteroatoms. The highest BCUT2D eigenvalue weighted by atomic mass is 35.5. The van der Waals surface area contributed by atoms with Crippen LogP contribution in [0, 0.1) is 0 Å². The molecule has 0 spiro atoms. The van der Waals surface area contributed by atoms with Crippen LogP contribution in [-0.2, 0) is 31.6 Å². The molecule has 0 amide bonds. The van der Waals surface area contributed by atoms with Gasteiger partial charge in [0.25, 0.3) is 0 Å². The summed E-state index contributed by atoms with van der Waals surface area (Å²) in [7, 11) is 0. The van der Waals surface area contributed by atoms with Crippen LogP contribution in [-0.4, -0.2) is 0 Å². The van der Waals surface area contributed by atoms with Crippen LogP contribution >= 0.6 is 23.2 Å². The van der Waals surface area contributed by atoms with E-state index in [2.05, 4.69) is 0 Å². The molecule has 4 N–H and O–H groups in total. The highest BCUT2D eigenvalue weighted by molar-refractivity contribution is 6.32. The lowest BCUT2D eigenvalue weighted by Crippen LogP contribution is -2.12. The van der Waals surface area contributed by atoms with E-state index >= 15 is 0 Å². The van der Waals surface area contributed by atoms with Crippen LogP contribution in [0.2, 0.25) is 10.0 Å². The Kier molecular flexibility index (Phi) is 8.09. The molecular weight excluding hydrogens is 561 g/mol. The third-order valence-corrected chi connectivity index (χ3v) is 7.01. The molecule has 0 aliphatic rings. The second-order valence-electron chi connectivity index (χ2n) is 9.15. The highest BCUT2D eigenvalue weighted by Gasteiger charge is 2.37. The molecule has 0 aliphatic heterocycles. The van der Waals surface area contributed by atoms with Gasteiger partial charge in [0.15, 0.2) is 0 Å². The SMILES string of the molecule is Nc1c(Cc2ccc(Cc3ccc(Cc4ccc(Cl)c(C(F)(F)F)c4N)cc3)cc2)ccc(Cl)c1C(F)(F)F. The van der Waals surface area contributed by atoms with Gasteiger partial charge >= 0.3 is 12.4 Å². The standard InChI is InChI=1S/C29H22Cl2F6N2/c30-22-11-9-20(26(38)24(22)28(32,33)34)14-18-5-1-16(2-6-18)13-17-3-7-19(8-4-17)15-21-10-12-23(31)25(27(21)39)29(35,36)37/h1-12H,13-15,38-39H2. The molecule has 0 bridgehead atoms. The van der Waals surface area contributed by atoms with Crippen LogP contribution in [0.15, 0.2) is 72.8 Å². The molecule has 4 aromatic carbocycles. The molecule has 0 fully saturated rings. The van der Waals surface area contributed by atoms with Gasteiger partial charge < -0.3 is 11.5 Å². The average Bonchev–Trinajstić information content (AvgIpc) is 2.83. The van der Waals surface area contributed by atoms with Gasteiger partial charge in [-0.1, -0.05) is 83.9 Å². The lowest BCUT2D eigenvalue weighted by Gasteiger charge is -2.16. The molecule has 204 valence electrons. The Balaban J connectivity index is 1.44. The van der Waals surface area contributed by atoms with E-state index in [0.29, 0.717) is 17.5 Å². The summed E-state index contributed by atoms with van der Waals surface area (Å²) >= 11 is 11.4. The van der Waals surface area contributed by atoms with E-state index < -0.39 is 33.5 Å². The molecule has 0 radical (unpaired) electrons. The van der Waals surface area contributed by atoms with Crippen LogP contribution < -0.4 is 11.5 Å². The van der Waals surface area contributed by atoms with Crippen LogP contribution in [0.1, 0.15) is 44.5 Å². The van der Waals surface area contributed by atoms with E-state index in [9.17, 15) is 26.3 Å². The van der Waals surface area contributed by atoms with Crippen LogP contribution in [0.4, 0.5) is 37.7 Å². The predicted octanol–water partition coefficient (Wildman–Crippen LogP) is 8.97. The Morgan fingerprint density at radius 2 is 0.744 bits per heavy atom. The Labute approximate surface area is 231 Å². The zero-order valence-corrected chi connectivity index (χ0v) is 21.7. The summed E-state index contributed by atoms with van der Waals surface area (Å²) in [5, 5.41) is -0.874. The number of halogens is 8. The minimum atomic E-state index is -4.65. The third kappa shape index (κ3) is 6.62. The highest BCUT2D eigenvalue weighted by Crippen LogP contribution is 2.41. The van der Waals surface area contributed by atoms with Gasteiger partial charge in [0.2, 0.25) is 0 Å². The zero-order valence-electron chi connectivity index (χ0n) is 20.2. The maximum absolute atomic E-state index is 13.3. The number of alkyl halides is 6. The van der Waals surface area contributed by atoms with Gasteiger partial charge in [-0.3, -0.25) is 0 Å². The maximum Gasteiger partial charge on any atom is 0.419 e. The third-order valence-electron chi connectivity index (χ3n) is 6.38. The van der Waals surface area contributed by atoms with Crippen molar-refractivity contribution in [2.24, 2.45) is 0 Å². The molecule has 0 saturated carbocycles. The van der Waals surface area contributed by atoms with Gasteiger partial charge in [0, 0.05) is 11.4 Å². The second-order valence-corrected chi connectivity index (χ2v) is 9.96. The van der Waals surface area contributed by atoms with Gasteiger partial charge in [-0.25, -0.2) is 0 Å². The summed E-state index contributed by atoms with van der Waals surface area (Å²) in [6.45, 7) is 0. The van der Waals surface area contributed by atoms with E-state index in [1.807, 2.05) is 48.5 Å². The van der Waals surface area contributed by atoms with E-state index in [4.69, 9.17) is 34.7 Å². The lowest BCUT2D eigenvalue weighted by molar-refractivity contribution is -0.137. The number of hydrogen-bond donors (Lipinski definition) is 2. The second kappa shape index (κ2) is 11.0. The van der Waals surface area contributed by atoms with Crippen molar-refractivity contribution in [1.82, 2.24) is 0 Å². The first-order valence-electron chi connectivity index (χ1n) is 11.7. The van der Waals surface area contributed by atoms with Crippen molar-refractivity contribution in [2.75, 3.05) is 11.5 Å². The number of hydrogen-bond acceptors (Lipinski definition) is 2. The van der Waals surface area contributed by atoms with Gasteiger partial charge in [0.05, 0.1) is 21.2 Å². The normalized spacial score (nSPS) is 12.1. The average molecular weight is 583 g/mol. The molecule has 0 atom stereocenters. The molecule has 0 saturated heterocycles. The Morgan fingerprint density at radius 3 is 1.03 bits per heavy atom. The van der Waals surface area contributed by atoms with Crippen molar-refractivity contribution in [3.63, 3.8) is 0 Å². The minimum absolute atomic E-state index is 0.213. The maximum atomic E-state index is 13.3. The largest absolute Gasteiger partial charge is 0.419 e. The van der Waals surface area contributed by atoms with E-state index in [0.717, 1.165) is 22.3 Å². The fourth-order valence-corrected chi connectivity index (χ4v) is 4.93. The van der Waals surface area contributed by atoms with E-state index in [-0.39, 0.29) is 24.2 Å². The quantitative estimate of drug-likeness (QED) is 0.176. The molecule has 39 heavy (non-hydrogen) atoms. The van der Waals surface area contributed by atoms with Crippen molar-refractivity contribution >= 4 is 34.6 Å². The van der Waals surface area contributed by atoms with Crippen molar-refractivity contribution in [3.8, 4) is 0 Å². The van der Waals surface area contributed by atoms with Crippen molar-refractivity contribution in [1.29, 1.82) is 0 Å². The topological polar surface area (TPSA) is 52.0 Å². The summed E-state index contributed by atoms with van der Waals surface area (Å²) < 4.78 is 79.8. The zero-order chi connectivity index (χ0) is 28.5. The number of nitrogens with two attached hydrogens (primary N) is 2. The number of nitrogen functional groups attached to an aromatic ring is 2. The summed E-state index contributed by atoms with van der Waals surface area (Å²) in [5.41, 5.74) is 12.9. The summed E-state index contributed by atoms with van der Waals surface area (Å²) in [6.07, 6.45) is -8.28. The minimum Gasteiger partial charge on any atom is -0.398 e. The smallest absolute Gasteiger partial charge is 0.398 e. The predicted molar refractivity (Wildman–Crippen MR) is 143 cm³/mol. The fraction of sp³-hybridized carbons (Fsp3) is 0.172. The lowest BCUT2D eigenvalue weighted by atomic mass is 9.96. The number of rotatable bonds is 6. The van der Waals surface area contributed by atoms with Gasteiger partial charge in [-0.05, 0) is 64.8 Å². The molecular formula is C29H22Cl2F6N2. The Bertz CT molecular complexity index is 1370. The van der Waals surface area contributed by atoms with Crippen LogP contribution in [0.5, 0.6) is 0 Å². The first-order chi connectivity index (χ1) is 18.2. The first-order valence-corrected chi connectivity index (χ1v) is 12.4. The molecule has 2 nitrogen and oxygen atoms in total. The summed E-state index contributed by atoms with van der Waals surface area (Å²) in [5.74, 6) is 0. The first kappa shape index (κ1) is 28.6. The molecule has 4 rings (SSSR count). The molecule has 0 heterocycles. The van der Waals surface area contributed by atoms with Gasteiger partial charge in [0.1, 0.15) is 0 Å². The Morgan fingerprint density at radius 1 is 0.462 bits per heavy atom. The monoisotopic (exact) mass is 582 g/mol. The van der Waals surface area contributed by atoms with Crippen LogP contribution in [0.3, 0.4) is 0 Å². The van der Waals surface area contributed by atoms with E-state index in [1.54, 1.807) is 0 Å². The molecule has 0 aliphatic carbocycles. The summed E-state index contributed by atoms with van der Waals surface area (Å²) in [6, 6.07) is 20.2. The van der Waals surface area contributed by atoms with Crippen molar-refractivity contribution in [3.05, 3.63) is 127 Å². The van der Waals surface area contributed by atoms with Crippen molar-refractivity contribution < 1.29 is 26.3 Å². The number of anilines is 2. The molecule has 4 aromatic rings. The van der Waals surface area contributed by atoms with Crippen LogP contribution in [0.25, 0.3) is 0 Å². The summed E-state index contributed by atoms with van der Waals surface area (Å²) in [4.78, 5) is 0. The molecule has 0 unspecified atom stereocenters. The van der Waals surface area contributed by atoms with E-state index in [1.165, 1.54) is 24.3 Å². The Hall–Kier alpha value is -3.36. The fourth-order valence-electron chi connectivity index (χ4n) is 4.38.